The predicted octanol–water partition coefficient (Wildman–Crippen LogP) is 1.76. The zero-order valence-corrected chi connectivity index (χ0v) is 14.9. The number of amides is 1. The molecule has 0 saturated heterocycles. The molecule has 0 spiro atoms. The fraction of sp³-hybridized carbons (Fsp3) is 0.222. The van der Waals surface area contributed by atoms with E-state index in [0.717, 1.165) is 0 Å². The van der Waals surface area contributed by atoms with Gasteiger partial charge in [-0.25, -0.2) is 13.1 Å². The smallest absolute Gasteiger partial charge is 0.307 e. The first-order valence-corrected chi connectivity index (χ1v) is 9.44. The maximum absolute atomic E-state index is 12.8. The zero-order valence-electron chi connectivity index (χ0n) is 14.1. The van der Waals surface area contributed by atoms with Crippen molar-refractivity contribution < 1.29 is 22.7 Å². The Morgan fingerprint density at radius 1 is 1.23 bits per heavy atom. The van der Waals surface area contributed by atoms with Gasteiger partial charge in [-0.1, -0.05) is 30.3 Å². The summed E-state index contributed by atoms with van der Waals surface area (Å²) < 4.78 is 32.8. The molecule has 2 N–H and O–H groups in total. The Morgan fingerprint density at radius 3 is 2.65 bits per heavy atom. The highest BCUT2D eigenvalue weighted by Crippen LogP contribution is 2.27. The van der Waals surface area contributed by atoms with Crippen molar-refractivity contribution in [3.05, 3.63) is 59.7 Å². The molecule has 2 aromatic carbocycles. The van der Waals surface area contributed by atoms with Crippen molar-refractivity contribution in [3.63, 3.8) is 0 Å². The standard InChI is InChI=1S/C18H18N2O5S/c1-25-18(22)11-16(12-5-3-2-4-6-12)20-26(23,24)14-7-8-15-13(9-14)10-17(21)19-15/h2-9,16,20H,10-11H2,1H3,(H,19,21). The SMILES string of the molecule is COC(=O)CC(NS(=O)(=O)c1ccc2c(c1)CC(=O)N2)c1ccccc1. The van der Waals surface area contributed by atoms with Gasteiger partial charge < -0.3 is 10.1 Å². The van der Waals surface area contributed by atoms with Gasteiger partial charge in [0.15, 0.2) is 0 Å². The second-order valence-corrected chi connectivity index (χ2v) is 7.62. The number of benzene rings is 2. The lowest BCUT2D eigenvalue weighted by Gasteiger charge is -2.18. The molecule has 0 radical (unpaired) electrons. The molecule has 136 valence electrons. The van der Waals surface area contributed by atoms with Crippen LogP contribution >= 0.6 is 0 Å². The lowest BCUT2D eigenvalue weighted by molar-refractivity contribution is -0.141. The molecule has 1 aliphatic rings. The lowest BCUT2D eigenvalue weighted by Crippen LogP contribution is -2.30. The third-order valence-corrected chi connectivity index (χ3v) is 5.58. The molecule has 1 heterocycles. The summed E-state index contributed by atoms with van der Waals surface area (Å²) in [5.74, 6) is -0.694. The molecule has 1 aliphatic heterocycles. The van der Waals surface area contributed by atoms with Crippen molar-refractivity contribution in [2.24, 2.45) is 0 Å². The van der Waals surface area contributed by atoms with E-state index < -0.39 is 22.0 Å². The van der Waals surface area contributed by atoms with Crippen molar-refractivity contribution in [2.45, 2.75) is 23.8 Å². The highest BCUT2D eigenvalue weighted by Gasteiger charge is 2.26. The first kappa shape index (κ1) is 18.1. The lowest BCUT2D eigenvalue weighted by atomic mass is 10.1. The second-order valence-electron chi connectivity index (χ2n) is 5.91. The molecule has 8 heteroatoms. The van der Waals surface area contributed by atoms with Gasteiger partial charge in [-0.05, 0) is 29.3 Å². The summed E-state index contributed by atoms with van der Waals surface area (Å²) in [6.45, 7) is 0. The number of methoxy groups -OCH3 is 1. The number of rotatable bonds is 6. The number of sulfonamides is 1. The Hall–Kier alpha value is -2.71. The number of carbonyl (C=O) groups is 2. The van der Waals surface area contributed by atoms with Crippen molar-refractivity contribution in [3.8, 4) is 0 Å². The van der Waals surface area contributed by atoms with Gasteiger partial charge in [-0.2, -0.15) is 0 Å². The van der Waals surface area contributed by atoms with Crippen molar-refractivity contribution in [1.29, 1.82) is 0 Å². The van der Waals surface area contributed by atoms with Gasteiger partial charge in [0, 0.05) is 5.69 Å². The third-order valence-electron chi connectivity index (χ3n) is 4.11. The van der Waals surface area contributed by atoms with E-state index in [4.69, 9.17) is 0 Å². The largest absolute Gasteiger partial charge is 0.469 e. The molecule has 1 unspecified atom stereocenters. The predicted molar refractivity (Wildman–Crippen MR) is 94.9 cm³/mol. The number of nitrogens with one attached hydrogen (secondary N) is 2. The summed E-state index contributed by atoms with van der Waals surface area (Å²) in [5, 5.41) is 2.66. The average Bonchev–Trinajstić information content (AvgIpc) is 3.00. The maximum Gasteiger partial charge on any atom is 0.307 e. The Labute approximate surface area is 151 Å². The van der Waals surface area contributed by atoms with E-state index in [1.54, 1.807) is 36.4 Å². The van der Waals surface area contributed by atoms with Crippen LogP contribution in [0.3, 0.4) is 0 Å². The van der Waals surface area contributed by atoms with Gasteiger partial charge in [0.05, 0.1) is 30.9 Å². The van der Waals surface area contributed by atoms with Crippen LogP contribution in [0.5, 0.6) is 0 Å². The van der Waals surface area contributed by atoms with Crippen LogP contribution in [0.2, 0.25) is 0 Å². The number of fused-ring (bicyclic) bond motifs is 1. The summed E-state index contributed by atoms with van der Waals surface area (Å²) in [6.07, 6.45) is 0.00763. The molecule has 2 aromatic rings. The second kappa shape index (κ2) is 7.27. The Balaban J connectivity index is 1.89. The average molecular weight is 374 g/mol. The van der Waals surface area contributed by atoms with E-state index in [0.29, 0.717) is 16.8 Å². The van der Waals surface area contributed by atoms with Gasteiger partial charge in [-0.3, -0.25) is 9.59 Å². The molecule has 0 aliphatic carbocycles. The zero-order chi connectivity index (χ0) is 18.7. The minimum absolute atomic E-state index is 0.0403. The highest BCUT2D eigenvalue weighted by molar-refractivity contribution is 7.89. The van der Waals surface area contributed by atoms with Gasteiger partial charge in [0.2, 0.25) is 15.9 Å². The topological polar surface area (TPSA) is 102 Å². The maximum atomic E-state index is 12.8. The van der Waals surface area contributed by atoms with Crippen LogP contribution in [-0.4, -0.2) is 27.4 Å². The molecule has 1 atom stereocenters. The molecule has 3 rings (SSSR count). The van der Waals surface area contributed by atoms with Crippen LogP contribution in [-0.2, 0) is 30.8 Å². The van der Waals surface area contributed by atoms with Crippen LogP contribution in [0.25, 0.3) is 0 Å². The van der Waals surface area contributed by atoms with Gasteiger partial charge in [0.1, 0.15) is 0 Å². The molecular formula is C18H18N2O5S. The first-order chi connectivity index (χ1) is 12.4. The number of esters is 1. The minimum Gasteiger partial charge on any atom is -0.469 e. The van der Waals surface area contributed by atoms with Gasteiger partial charge >= 0.3 is 5.97 Å². The summed E-state index contributed by atoms with van der Waals surface area (Å²) in [4.78, 5) is 23.2. The van der Waals surface area contributed by atoms with E-state index in [-0.39, 0.29) is 23.6 Å². The molecule has 7 nitrogen and oxygen atoms in total. The van der Waals surface area contributed by atoms with Crippen molar-refractivity contribution in [1.82, 2.24) is 4.72 Å². The van der Waals surface area contributed by atoms with E-state index in [1.165, 1.54) is 19.2 Å². The molecule has 26 heavy (non-hydrogen) atoms. The third kappa shape index (κ3) is 3.92. The quantitative estimate of drug-likeness (QED) is 0.751. The fourth-order valence-electron chi connectivity index (χ4n) is 2.79. The monoisotopic (exact) mass is 374 g/mol. The van der Waals surface area contributed by atoms with E-state index >= 15 is 0 Å². The summed E-state index contributed by atoms with van der Waals surface area (Å²) >= 11 is 0. The van der Waals surface area contributed by atoms with Crippen LogP contribution in [0.15, 0.2) is 53.4 Å². The summed E-state index contributed by atoms with van der Waals surface area (Å²) in [5.41, 5.74) is 1.89. The van der Waals surface area contributed by atoms with E-state index in [1.807, 2.05) is 0 Å². The normalized spacial score (nSPS) is 14.4. The highest BCUT2D eigenvalue weighted by atomic mass is 32.2. The minimum atomic E-state index is -3.90. The number of anilines is 1. The van der Waals surface area contributed by atoms with E-state index in [2.05, 4.69) is 14.8 Å². The fourth-order valence-corrected chi connectivity index (χ4v) is 4.07. The molecule has 0 saturated carbocycles. The molecule has 0 bridgehead atoms. The first-order valence-electron chi connectivity index (χ1n) is 7.96. The Bertz CT molecular complexity index is 941. The van der Waals surface area contributed by atoms with Crippen molar-refractivity contribution >= 4 is 27.6 Å². The van der Waals surface area contributed by atoms with Gasteiger partial charge in [0.25, 0.3) is 0 Å². The number of carbonyl (C=O) groups excluding carboxylic acids is 2. The van der Waals surface area contributed by atoms with E-state index in [9.17, 15) is 18.0 Å². The summed E-state index contributed by atoms with van der Waals surface area (Å²) in [7, 11) is -2.64. The number of hydrogen-bond donors (Lipinski definition) is 2. The number of hydrogen-bond acceptors (Lipinski definition) is 5. The molecular weight excluding hydrogens is 356 g/mol. The van der Waals surface area contributed by atoms with Crippen LogP contribution in [0.1, 0.15) is 23.6 Å². The Morgan fingerprint density at radius 2 is 1.96 bits per heavy atom. The molecule has 1 amide bonds. The van der Waals surface area contributed by atoms with Crippen LogP contribution in [0, 0.1) is 0 Å². The molecule has 0 fully saturated rings. The van der Waals surface area contributed by atoms with Crippen molar-refractivity contribution in [2.75, 3.05) is 12.4 Å². The summed E-state index contributed by atoms with van der Waals surface area (Å²) in [6, 6.07) is 12.5. The van der Waals surface area contributed by atoms with Crippen LogP contribution in [0.4, 0.5) is 5.69 Å². The van der Waals surface area contributed by atoms with Gasteiger partial charge in [-0.15, -0.1) is 0 Å². The number of ether oxygens (including phenoxy) is 1. The Kier molecular flexibility index (Phi) is 5.06. The van der Waals surface area contributed by atoms with Crippen LogP contribution < -0.4 is 10.0 Å². The molecule has 0 aromatic heterocycles.